The Bertz CT molecular complexity index is 1230. The van der Waals surface area contributed by atoms with Crippen molar-refractivity contribution in [3.63, 3.8) is 0 Å². The topological polar surface area (TPSA) is 112 Å². The van der Waals surface area contributed by atoms with Crippen LogP contribution in [0.15, 0.2) is 47.6 Å². The maximum atomic E-state index is 13.8. The molecule has 2 heterocycles. The molecule has 2 aliphatic heterocycles. The summed E-state index contributed by atoms with van der Waals surface area (Å²) in [5.41, 5.74) is 6.19. The molecule has 4 amide bonds. The van der Waals surface area contributed by atoms with Crippen LogP contribution in [0.3, 0.4) is 0 Å². The lowest BCUT2D eigenvalue weighted by Crippen LogP contribution is -2.39. The number of nitrogens with one attached hydrogen (secondary N) is 3. The molecule has 194 valence electrons. The number of carbonyl (C=O) groups excluding carboxylic acids is 3. The summed E-state index contributed by atoms with van der Waals surface area (Å²) in [6, 6.07) is 11.0. The molecule has 10 heteroatoms. The molecule has 2 aromatic rings. The second kappa shape index (κ2) is 11.0. The summed E-state index contributed by atoms with van der Waals surface area (Å²) in [6.45, 7) is 0.985. The van der Waals surface area contributed by atoms with Gasteiger partial charge in [0.15, 0.2) is 0 Å². The van der Waals surface area contributed by atoms with E-state index in [9.17, 15) is 18.8 Å². The van der Waals surface area contributed by atoms with Gasteiger partial charge in [-0.25, -0.2) is 19.4 Å². The Labute approximate surface area is 214 Å². The van der Waals surface area contributed by atoms with E-state index in [2.05, 4.69) is 21.2 Å². The molecule has 0 bridgehead atoms. The number of ether oxygens (including phenoxy) is 1. The van der Waals surface area contributed by atoms with E-state index >= 15 is 0 Å². The van der Waals surface area contributed by atoms with Gasteiger partial charge in [-0.2, -0.15) is 5.10 Å². The zero-order valence-electron chi connectivity index (χ0n) is 20.5. The van der Waals surface area contributed by atoms with Crippen molar-refractivity contribution in [1.29, 1.82) is 0 Å². The summed E-state index contributed by atoms with van der Waals surface area (Å²) in [6.07, 6.45) is 5.02. The minimum atomic E-state index is -0.526. The van der Waals surface area contributed by atoms with Crippen LogP contribution in [0.2, 0.25) is 0 Å². The number of benzene rings is 2. The van der Waals surface area contributed by atoms with Crippen LogP contribution in [-0.2, 0) is 22.5 Å². The molecular weight excluding hydrogens is 477 g/mol. The predicted molar refractivity (Wildman–Crippen MR) is 137 cm³/mol. The Balaban J connectivity index is 1.08. The van der Waals surface area contributed by atoms with Gasteiger partial charge in [0.1, 0.15) is 11.9 Å². The quantitative estimate of drug-likeness (QED) is 0.540. The lowest BCUT2D eigenvalue weighted by atomic mass is 9.84. The van der Waals surface area contributed by atoms with Gasteiger partial charge in [0.2, 0.25) is 5.91 Å². The summed E-state index contributed by atoms with van der Waals surface area (Å²) in [5.74, 6) is -0.0734. The number of hydrogen-bond acceptors (Lipinski definition) is 5. The summed E-state index contributed by atoms with van der Waals surface area (Å²) in [4.78, 5) is 38.1. The minimum absolute atomic E-state index is 0.0431. The number of rotatable bonds is 5. The van der Waals surface area contributed by atoms with E-state index in [-0.39, 0.29) is 23.8 Å². The van der Waals surface area contributed by atoms with Crippen molar-refractivity contribution >= 4 is 35.1 Å². The third-order valence-corrected chi connectivity index (χ3v) is 7.15. The van der Waals surface area contributed by atoms with Crippen LogP contribution in [0, 0.1) is 11.7 Å². The maximum absolute atomic E-state index is 13.8. The molecule has 0 atom stereocenters. The first kappa shape index (κ1) is 24.7. The lowest BCUT2D eigenvalue weighted by Gasteiger charge is -2.32. The minimum Gasteiger partial charge on any atom is -0.446 e. The highest BCUT2D eigenvalue weighted by Gasteiger charge is 2.29. The van der Waals surface area contributed by atoms with Crippen molar-refractivity contribution < 1.29 is 23.5 Å². The van der Waals surface area contributed by atoms with Crippen LogP contribution >= 0.6 is 0 Å². The molecule has 0 radical (unpaired) electrons. The van der Waals surface area contributed by atoms with E-state index in [0.29, 0.717) is 37.5 Å². The molecule has 0 aromatic heterocycles. The summed E-state index contributed by atoms with van der Waals surface area (Å²) < 4.78 is 19.6. The number of hydrazone groups is 1. The fraction of sp³-hybridized carbons (Fsp3) is 0.407. The first-order chi connectivity index (χ1) is 17.9. The van der Waals surface area contributed by atoms with Crippen LogP contribution in [0.25, 0.3) is 0 Å². The molecule has 0 saturated heterocycles. The van der Waals surface area contributed by atoms with Crippen LogP contribution in [0.4, 0.5) is 25.4 Å². The number of amides is 4. The van der Waals surface area contributed by atoms with Gasteiger partial charge in [0.05, 0.1) is 12.1 Å². The summed E-state index contributed by atoms with van der Waals surface area (Å²) in [5, 5.41) is 9.32. The summed E-state index contributed by atoms with van der Waals surface area (Å²) in [7, 11) is 0. The molecule has 5 rings (SSSR count). The largest absolute Gasteiger partial charge is 0.446 e. The van der Waals surface area contributed by atoms with Gasteiger partial charge in [0.25, 0.3) is 0 Å². The average Bonchev–Trinajstić information content (AvgIpc) is 3.30. The second-order valence-corrected chi connectivity index (χ2v) is 9.83. The molecule has 0 unspecified atom stereocenters. The van der Waals surface area contributed by atoms with Crippen molar-refractivity contribution in [3.8, 4) is 0 Å². The Morgan fingerprint density at radius 3 is 2.65 bits per heavy atom. The second-order valence-electron chi connectivity index (χ2n) is 9.83. The van der Waals surface area contributed by atoms with E-state index in [4.69, 9.17) is 4.74 Å². The molecule has 1 fully saturated rings. The third-order valence-electron chi connectivity index (χ3n) is 7.15. The van der Waals surface area contributed by atoms with E-state index < -0.39 is 11.8 Å². The molecule has 37 heavy (non-hydrogen) atoms. The number of urea groups is 1. The molecule has 0 spiro atoms. The highest BCUT2D eigenvalue weighted by molar-refractivity contribution is 6.05. The van der Waals surface area contributed by atoms with Crippen molar-refractivity contribution in [2.24, 2.45) is 11.0 Å². The van der Waals surface area contributed by atoms with Crippen molar-refractivity contribution in [3.05, 3.63) is 59.4 Å². The van der Waals surface area contributed by atoms with Crippen LogP contribution in [0.5, 0.6) is 0 Å². The fourth-order valence-electron chi connectivity index (χ4n) is 5.16. The Hall–Kier alpha value is -3.95. The number of anilines is 2. The van der Waals surface area contributed by atoms with E-state index in [1.54, 1.807) is 23.1 Å². The molecular formula is C27H30FN5O4. The monoisotopic (exact) mass is 507 g/mol. The number of fused-ring (bicyclic) bond motifs is 1. The molecule has 1 saturated carbocycles. The van der Waals surface area contributed by atoms with Gasteiger partial charge < -0.3 is 20.3 Å². The van der Waals surface area contributed by atoms with Gasteiger partial charge in [-0.3, -0.25) is 4.79 Å². The lowest BCUT2D eigenvalue weighted by molar-refractivity contribution is -0.119. The fourth-order valence-corrected chi connectivity index (χ4v) is 5.16. The molecule has 1 aliphatic carbocycles. The number of nitrogens with zero attached hydrogens (tertiary/aromatic N) is 2. The number of para-hydroxylation sites is 1. The average molecular weight is 508 g/mol. The predicted octanol–water partition coefficient (Wildman–Crippen LogP) is 4.79. The van der Waals surface area contributed by atoms with Gasteiger partial charge in [-0.15, -0.1) is 0 Å². The highest BCUT2D eigenvalue weighted by Crippen LogP contribution is 2.31. The molecule has 2 aromatic carbocycles. The van der Waals surface area contributed by atoms with Crippen LogP contribution in [-0.4, -0.2) is 41.3 Å². The van der Waals surface area contributed by atoms with Crippen molar-refractivity contribution in [2.45, 2.75) is 57.6 Å². The Morgan fingerprint density at radius 1 is 1.08 bits per heavy atom. The van der Waals surface area contributed by atoms with Gasteiger partial charge in [0, 0.05) is 24.5 Å². The van der Waals surface area contributed by atoms with E-state index in [0.717, 1.165) is 48.9 Å². The first-order valence-corrected chi connectivity index (χ1v) is 12.7. The Kier molecular flexibility index (Phi) is 7.34. The van der Waals surface area contributed by atoms with Gasteiger partial charge in [-0.05, 0) is 79.8 Å². The molecule has 9 nitrogen and oxygen atoms in total. The third kappa shape index (κ3) is 6.25. The maximum Gasteiger partial charge on any atom is 0.410 e. The smallest absolute Gasteiger partial charge is 0.410 e. The van der Waals surface area contributed by atoms with Crippen LogP contribution < -0.4 is 16.1 Å². The van der Waals surface area contributed by atoms with E-state index in [1.165, 1.54) is 12.1 Å². The number of carbonyl (C=O) groups is 3. The Morgan fingerprint density at radius 2 is 1.89 bits per heavy atom. The highest BCUT2D eigenvalue weighted by atomic mass is 19.1. The van der Waals surface area contributed by atoms with Gasteiger partial charge >= 0.3 is 12.1 Å². The number of hydrogen-bond donors (Lipinski definition) is 3. The normalized spacial score (nSPS) is 20.9. The van der Waals surface area contributed by atoms with Gasteiger partial charge in [-0.1, -0.05) is 18.2 Å². The molecule has 3 aliphatic rings. The van der Waals surface area contributed by atoms with Crippen LogP contribution in [0.1, 0.15) is 49.7 Å². The zero-order valence-corrected chi connectivity index (χ0v) is 20.5. The zero-order chi connectivity index (χ0) is 25.8. The van der Waals surface area contributed by atoms with E-state index in [1.807, 2.05) is 12.1 Å². The van der Waals surface area contributed by atoms with Crippen molar-refractivity contribution in [2.75, 3.05) is 17.2 Å². The summed E-state index contributed by atoms with van der Waals surface area (Å²) >= 11 is 0. The number of halogens is 1. The standard InChI is InChI=1S/C27H30FN5O4/c28-23-3-1-2-4-24(23)30-26(35)29-20-8-7-19-16-33(12-11-18(19)14-20)27(36)37-22-9-5-17(6-10-22)13-21-15-25(34)32-31-21/h1-4,7-8,14,17,22H,5-6,9-13,15-16H2,(H,32,34)(H2,29,30,35). The van der Waals surface area contributed by atoms with Crippen molar-refractivity contribution in [1.82, 2.24) is 10.3 Å². The first-order valence-electron chi connectivity index (χ1n) is 12.7. The molecule has 3 N–H and O–H groups in total. The SMILES string of the molecule is O=C1CC(CC2CCC(OC(=O)N3CCc4cc(NC(=O)Nc5ccccc5F)ccc4C3)CC2)=NN1.